The first-order valence-electron chi connectivity index (χ1n) is 3.72. The molecule has 0 fully saturated rings. The number of carbonyl (C=O) groups is 1. The molecule has 0 aliphatic rings. The predicted molar refractivity (Wildman–Crippen MR) is 46.8 cm³/mol. The van der Waals surface area contributed by atoms with Crippen molar-refractivity contribution in [3.8, 4) is 0 Å². The van der Waals surface area contributed by atoms with Gasteiger partial charge in [-0.3, -0.25) is 9.36 Å². The lowest BCUT2D eigenvalue weighted by atomic mass is 10.2. The Bertz CT molecular complexity index is 225. The van der Waals surface area contributed by atoms with E-state index in [0.717, 1.165) is 6.92 Å². The van der Waals surface area contributed by atoms with Crippen LogP contribution < -0.4 is 0 Å². The topological polar surface area (TPSA) is 101 Å². The van der Waals surface area contributed by atoms with Crippen LogP contribution in [0.2, 0.25) is 0 Å². The third-order valence-electron chi connectivity index (χ3n) is 1.38. The summed E-state index contributed by atoms with van der Waals surface area (Å²) in [7, 11) is -4.09. The molecule has 7 heteroatoms. The van der Waals surface area contributed by atoms with Gasteiger partial charge in [0.2, 0.25) is 5.91 Å². The van der Waals surface area contributed by atoms with Gasteiger partial charge < -0.3 is 20.1 Å². The van der Waals surface area contributed by atoms with Gasteiger partial charge in [0, 0.05) is 13.5 Å². The Balaban J connectivity index is 3.95. The Labute approximate surface area is 76.3 Å². The molecular weight excluding hydrogens is 197 g/mol. The van der Waals surface area contributed by atoms with Crippen LogP contribution in [0.1, 0.15) is 13.8 Å². The Morgan fingerprint density at radius 3 is 2.38 bits per heavy atom. The molecule has 0 saturated carbocycles. The van der Waals surface area contributed by atoms with Crippen LogP contribution in [0.15, 0.2) is 0 Å². The SMILES string of the molecule is CC(=O)N([O-])CC(C)CP(=O)(O)O. The van der Waals surface area contributed by atoms with Gasteiger partial charge in [-0.2, -0.15) is 0 Å². The fourth-order valence-electron chi connectivity index (χ4n) is 0.875. The van der Waals surface area contributed by atoms with Crippen molar-refractivity contribution >= 4 is 13.5 Å². The van der Waals surface area contributed by atoms with Crippen LogP contribution in [-0.4, -0.2) is 33.5 Å². The van der Waals surface area contributed by atoms with Gasteiger partial charge in [0.05, 0.1) is 6.16 Å². The molecule has 1 atom stereocenters. The van der Waals surface area contributed by atoms with Gasteiger partial charge >= 0.3 is 7.60 Å². The number of hydrogen-bond acceptors (Lipinski definition) is 3. The molecule has 1 unspecified atom stereocenters. The third-order valence-corrected chi connectivity index (χ3v) is 2.48. The van der Waals surface area contributed by atoms with Crippen molar-refractivity contribution in [2.75, 3.05) is 12.7 Å². The minimum absolute atomic E-state index is 0.180. The van der Waals surface area contributed by atoms with Gasteiger partial charge in [0.1, 0.15) is 0 Å². The number of rotatable bonds is 4. The van der Waals surface area contributed by atoms with E-state index in [0.29, 0.717) is 0 Å². The van der Waals surface area contributed by atoms with E-state index in [1.165, 1.54) is 6.92 Å². The molecule has 0 aliphatic carbocycles. The van der Waals surface area contributed by atoms with Crippen molar-refractivity contribution in [3.05, 3.63) is 5.21 Å². The molecule has 6 nitrogen and oxygen atoms in total. The maximum Gasteiger partial charge on any atom is 0.325 e. The lowest BCUT2D eigenvalue weighted by Crippen LogP contribution is -2.28. The molecule has 0 radical (unpaired) electrons. The Kier molecular flexibility index (Phi) is 4.56. The van der Waals surface area contributed by atoms with E-state index in [2.05, 4.69) is 0 Å². The third kappa shape index (κ3) is 6.72. The number of carbonyl (C=O) groups excluding carboxylic acids is 1. The smallest absolute Gasteiger partial charge is 0.325 e. The molecule has 0 spiro atoms. The van der Waals surface area contributed by atoms with Gasteiger partial charge in [-0.15, -0.1) is 0 Å². The first-order valence-corrected chi connectivity index (χ1v) is 5.52. The fraction of sp³-hybridized carbons (Fsp3) is 0.833. The van der Waals surface area contributed by atoms with Crippen molar-refractivity contribution in [1.82, 2.24) is 5.06 Å². The van der Waals surface area contributed by atoms with Crippen LogP contribution in [0.4, 0.5) is 0 Å². The second kappa shape index (κ2) is 4.72. The van der Waals surface area contributed by atoms with Gasteiger partial charge in [-0.05, 0) is 5.92 Å². The second-order valence-electron chi connectivity index (χ2n) is 3.03. The molecule has 0 heterocycles. The largest absolute Gasteiger partial charge is 0.756 e. The number of amides is 1. The number of hydrogen-bond donors (Lipinski definition) is 2. The Morgan fingerprint density at radius 2 is 2.08 bits per heavy atom. The zero-order valence-corrected chi connectivity index (χ0v) is 8.40. The van der Waals surface area contributed by atoms with E-state index in [9.17, 15) is 14.6 Å². The van der Waals surface area contributed by atoms with Crippen LogP contribution in [0.5, 0.6) is 0 Å². The summed E-state index contributed by atoms with van der Waals surface area (Å²) in [6.07, 6.45) is -0.376. The van der Waals surface area contributed by atoms with E-state index in [1.54, 1.807) is 0 Å². The highest BCUT2D eigenvalue weighted by Crippen LogP contribution is 2.36. The average Bonchev–Trinajstić information content (AvgIpc) is 1.81. The first-order chi connectivity index (χ1) is 5.72. The molecular formula is C6H13NO5P-. The van der Waals surface area contributed by atoms with Crippen LogP contribution in [-0.2, 0) is 9.36 Å². The number of hydroxylamine groups is 2. The minimum Gasteiger partial charge on any atom is -0.756 e. The predicted octanol–water partition coefficient (Wildman–Crippen LogP) is 0.146. The fourth-order valence-corrected chi connectivity index (χ4v) is 1.80. The second-order valence-corrected chi connectivity index (χ2v) is 4.73. The van der Waals surface area contributed by atoms with Crippen molar-refractivity contribution in [3.63, 3.8) is 0 Å². The molecule has 13 heavy (non-hydrogen) atoms. The quantitative estimate of drug-likeness (QED) is 0.508. The zero-order chi connectivity index (χ0) is 10.6. The standard InChI is InChI=1S/C6H13NO5P/c1-5(4-13(10,11)12)3-7(9)6(2)8/h5H,3-4H2,1-2H3,(H2,10,11,12)/q-1. The normalized spacial score (nSPS) is 13.9. The lowest BCUT2D eigenvalue weighted by Gasteiger charge is -2.29. The van der Waals surface area contributed by atoms with Gasteiger partial charge in [0.15, 0.2) is 0 Å². The summed E-state index contributed by atoms with van der Waals surface area (Å²) in [5.41, 5.74) is 0. The molecule has 2 N–H and O–H groups in total. The van der Waals surface area contributed by atoms with E-state index in [-0.39, 0.29) is 17.8 Å². The molecule has 0 saturated heterocycles. The molecule has 0 aliphatic heterocycles. The monoisotopic (exact) mass is 210 g/mol. The Hall–Kier alpha value is -0.420. The molecule has 0 bridgehead atoms. The maximum atomic E-state index is 10.8. The van der Waals surface area contributed by atoms with Gasteiger partial charge in [0.25, 0.3) is 0 Å². The number of nitrogens with zero attached hydrogens (tertiary/aromatic N) is 1. The highest BCUT2D eigenvalue weighted by atomic mass is 31.2. The lowest BCUT2D eigenvalue weighted by molar-refractivity contribution is -0.126. The first kappa shape index (κ1) is 12.6. The van der Waals surface area contributed by atoms with Crippen molar-refractivity contribution < 1.29 is 19.1 Å². The van der Waals surface area contributed by atoms with E-state index < -0.39 is 19.4 Å². The summed E-state index contributed by atoms with van der Waals surface area (Å²) in [4.78, 5) is 27.6. The highest BCUT2D eigenvalue weighted by Gasteiger charge is 2.18. The molecule has 0 aromatic rings. The van der Waals surface area contributed by atoms with Crippen LogP contribution in [0.25, 0.3) is 0 Å². The molecule has 0 aromatic heterocycles. The van der Waals surface area contributed by atoms with E-state index in [1.807, 2.05) is 0 Å². The summed E-state index contributed by atoms with van der Waals surface area (Å²) in [5.74, 6) is -1.15. The van der Waals surface area contributed by atoms with E-state index >= 15 is 0 Å². The van der Waals surface area contributed by atoms with Crippen LogP contribution >= 0.6 is 7.60 Å². The molecule has 0 rings (SSSR count). The summed E-state index contributed by atoms with van der Waals surface area (Å²) in [5, 5.41) is 10.9. The van der Waals surface area contributed by atoms with Crippen molar-refractivity contribution in [2.45, 2.75) is 13.8 Å². The summed E-state index contributed by atoms with van der Waals surface area (Å²) in [6.45, 7) is 2.44. The summed E-state index contributed by atoms with van der Waals surface area (Å²) in [6, 6.07) is 0. The molecule has 78 valence electrons. The maximum absolute atomic E-state index is 10.8. The summed E-state index contributed by atoms with van der Waals surface area (Å²) < 4.78 is 10.5. The van der Waals surface area contributed by atoms with Crippen LogP contribution in [0.3, 0.4) is 0 Å². The van der Waals surface area contributed by atoms with Gasteiger partial charge in [-0.25, -0.2) is 0 Å². The summed E-state index contributed by atoms with van der Waals surface area (Å²) >= 11 is 0. The van der Waals surface area contributed by atoms with Gasteiger partial charge in [-0.1, -0.05) is 6.92 Å². The van der Waals surface area contributed by atoms with E-state index in [4.69, 9.17) is 9.79 Å². The molecule has 1 amide bonds. The molecule has 0 aromatic carbocycles. The Morgan fingerprint density at radius 1 is 1.62 bits per heavy atom. The zero-order valence-electron chi connectivity index (χ0n) is 7.51. The van der Waals surface area contributed by atoms with Crippen molar-refractivity contribution in [2.24, 2.45) is 5.92 Å². The average molecular weight is 210 g/mol. The highest BCUT2D eigenvalue weighted by molar-refractivity contribution is 7.51. The minimum atomic E-state index is -4.09. The van der Waals surface area contributed by atoms with Crippen molar-refractivity contribution in [1.29, 1.82) is 0 Å². The van der Waals surface area contributed by atoms with Crippen LogP contribution in [0, 0.1) is 11.1 Å².